The summed E-state index contributed by atoms with van der Waals surface area (Å²) in [4.78, 5) is 4.99. The van der Waals surface area contributed by atoms with Crippen molar-refractivity contribution in [2.45, 2.75) is 12.8 Å². The molecule has 1 saturated heterocycles. The highest BCUT2D eigenvalue weighted by Gasteiger charge is 2.12. The van der Waals surface area contributed by atoms with Crippen molar-refractivity contribution in [1.82, 2.24) is 9.80 Å². The van der Waals surface area contributed by atoms with Crippen LogP contribution < -0.4 is 0 Å². The summed E-state index contributed by atoms with van der Waals surface area (Å²) in [6, 6.07) is 17.0. The second kappa shape index (κ2) is 7.96. The van der Waals surface area contributed by atoms with Gasteiger partial charge in [-0.1, -0.05) is 48.0 Å². The molecule has 23 heavy (non-hydrogen) atoms. The Kier molecular flexibility index (Phi) is 5.71. The summed E-state index contributed by atoms with van der Waals surface area (Å²) >= 11 is 6.07. The molecule has 1 aliphatic heterocycles. The molecule has 1 heterocycles. The summed E-state index contributed by atoms with van der Waals surface area (Å²) < 4.78 is 0. The fourth-order valence-corrected chi connectivity index (χ4v) is 3.30. The van der Waals surface area contributed by atoms with Crippen molar-refractivity contribution in [1.29, 1.82) is 0 Å². The highest BCUT2D eigenvalue weighted by atomic mass is 35.5. The van der Waals surface area contributed by atoms with Crippen LogP contribution in [0.2, 0.25) is 5.02 Å². The first-order valence-corrected chi connectivity index (χ1v) is 8.84. The van der Waals surface area contributed by atoms with Crippen LogP contribution in [-0.2, 0) is 6.42 Å². The Bertz CT molecular complexity index is 616. The van der Waals surface area contributed by atoms with Crippen LogP contribution in [0.25, 0.3) is 11.1 Å². The van der Waals surface area contributed by atoms with E-state index in [1.54, 1.807) is 0 Å². The van der Waals surface area contributed by atoms with Crippen molar-refractivity contribution in [3.05, 3.63) is 59.1 Å². The molecule has 0 radical (unpaired) electrons. The number of rotatable bonds is 5. The minimum absolute atomic E-state index is 0.791. The minimum Gasteiger partial charge on any atom is -0.304 e. The first-order chi connectivity index (χ1) is 11.2. The molecular formula is C20H25ClN2. The van der Waals surface area contributed by atoms with Crippen molar-refractivity contribution in [3.8, 4) is 11.1 Å². The molecule has 0 aliphatic carbocycles. The summed E-state index contributed by atoms with van der Waals surface area (Å²) in [6.45, 7) is 6.04. The van der Waals surface area contributed by atoms with Crippen LogP contribution in [0, 0.1) is 0 Å². The number of aryl methyl sites for hydroxylation is 1. The van der Waals surface area contributed by atoms with Gasteiger partial charge in [0.25, 0.3) is 0 Å². The average Bonchev–Trinajstić information content (AvgIpc) is 2.57. The largest absolute Gasteiger partial charge is 0.304 e. The summed E-state index contributed by atoms with van der Waals surface area (Å²) in [7, 11) is 2.21. The molecule has 0 atom stereocenters. The minimum atomic E-state index is 0.791. The Morgan fingerprint density at radius 3 is 2.35 bits per heavy atom. The maximum atomic E-state index is 6.07. The first-order valence-electron chi connectivity index (χ1n) is 8.46. The maximum Gasteiger partial charge on any atom is 0.0412 e. The van der Waals surface area contributed by atoms with E-state index in [0.717, 1.165) is 11.4 Å². The Balaban J connectivity index is 1.50. The number of halogens is 1. The van der Waals surface area contributed by atoms with Crippen molar-refractivity contribution >= 4 is 11.6 Å². The number of benzene rings is 2. The lowest BCUT2D eigenvalue weighted by Crippen LogP contribution is -2.44. The van der Waals surface area contributed by atoms with E-state index in [9.17, 15) is 0 Å². The van der Waals surface area contributed by atoms with Gasteiger partial charge in [-0.3, -0.25) is 0 Å². The summed E-state index contributed by atoms with van der Waals surface area (Å²) in [6.07, 6.45) is 2.39. The van der Waals surface area contributed by atoms with Crippen LogP contribution in [0.5, 0.6) is 0 Å². The molecular weight excluding hydrogens is 304 g/mol. The highest BCUT2D eigenvalue weighted by molar-refractivity contribution is 6.30. The van der Waals surface area contributed by atoms with E-state index in [0.29, 0.717) is 0 Å². The predicted octanol–water partition coefficient (Wildman–Crippen LogP) is 4.19. The topological polar surface area (TPSA) is 6.48 Å². The van der Waals surface area contributed by atoms with E-state index in [4.69, 9.17) is 11.6 Å². The molecule has 0 unspecified atom stereocenters. The normalized spacial score (nSPS) is 16.6. The Hall–Kier alpha value is -1.35. The molecule has 0 aromatic heterocycles. The third-order valence-electron chi connectivity index (χ3n) is 4.65. The van der Waals surface area contributed by atoms with Crippen LogP contribution in [-0.4, -0.2) is 49.6 Å². The zero-order valence-electron chi connectivity index (χ0n) is 13.8. The van der Waals surface area contributed by atoms with Crippen LogP contribution in [0.15, 0.2) is 48.5 Å². The van der Waals surface area contributed by atoms with E-state index in [-0.39, 0.29) is 0 Å². The van der Waals surface area contributed by atoms with E-state index in [1.165, 1.54) is 55.8 Å². The van der Waals surface area contributed by atoms with Crippen molar-refractivity contribution in [3.63, 3.8) is 0 Å². The predicted molar refractivity (Wildman–Crippen MR) is 99.1 cm³/mol. The van der Waals surface area contributed by atoms with Crippen LogP contribution >= 0.6 is 11.6 Å². The molecule has 0 N–H and O–H groups in total. The maximum absolute atomic E-state index is 6.07. The molecule has 0 saturated carbocycles. The lowest BCUT2D eigenvalue weighted by atomic mass is 10.0. The molecule has 1 fully saturated rings. The van der Waals surface area contributed by atoms with Gasteiger partial charge in [0.15, 0.2) is 0 Å². The van der Waals surface area contributed by atoms with E-state index in [1.807, 2.05) is 18.2 Å². The van der Waals surface area contributed by atoms with Gasteiger partial charge in [-0.15, -0.1) is 0 Å². The standard InChI is InChI=1S/C20H25ClN2/c1-22-12-14-23(15-13-22)11-3-4-17-7-9-18(10-8-17)19-5-2-6-20(21)16-19/h2,5-10,16H,3-4,11-15H2,1H3. The third kappa shape index (κ3) is 4.81. The smallest absolute Gasteiger partial charge is 0.0412 e. The molecule has 2 nitrogen and oxygen atoms in total. The Morgan fingerprint density at radius 2 is 1.65 bits per heavy atom. The third-order valence-corrected chi connectivity index (χ3v) is 4.88. The molecule has 0 amide bonds. The number of hydrogen-bond acceptors (Lipinski definition) is 2. The first kappa shape index (κ1) is 16.5. The van der Waals surface area contributed by atoms with Crippen LogP contribution in [0.1, 0.15) is 12.0 Å². The van der Waals surface area contributed by atoms with Gasteiger partial charge in [-0.25, -0.2) is 0 Å². The lowest BCUT2D eigenvalue weighted by molar-refractivity contribution is 0.153. The van der Waals surface area contributed by atoms with Crippen molar-refractivity contribution < 1.29 is 0 Å². The number of likely N-dealkylation sites (N-methyl/N-ethyl adjacent to an activating group) is 1. The monoisotopic (exact) mass is 328 g/mol. The quantitative estimate of drug-likeness (QED) is 0.812. The molecule has 0 bridgehead atoms. The van der Waals surface area contributed by atoms with Crippen molar-refractivity contribution in [2.24, 2.45) is 0 Å². The molecule has 0 spiro atoms. The summed E-state index contributed by atoms with van der Waals surface area (Å²) in [5.41, 5.74) is 3.83. The summed E-state index contributed by atoms with van der Waals surface area (Å²) in [5, 5.41) is 0.791. The number of hydrogen-bond donors (Lipinski definition) is 0. The van der Waals surface area contributed by atoms with Crippen molar-refractivity contribution in [2.75, 3.05) is 39.8 Å². The zero-order valence-corrected chi connectivity index (χ0v) is 14.6. The van der Waals surface area contributed by atoms with E-state index >= 15 is 0 Å². The van der Waals surface area contributed by atoms with Gasteiger partial charge in [0.1, 0.15) is 0 Å². The van der Waals surface area contributed by atoms with E-state index in [2.05, 4.69) is 47.2 Å². The molecule has 3 rings (SSSR count). The lowest BCUT2D eigenvalue weighted by Gasteiger charge is -2.32. The molecule has 1 aliphatic rings. The molecule has 2 aromatic rings. The van der Waals surface area contributed by atoms with Gasteiger partial charge < -0.3 is 9.80 Å². The summed E-state index contributed by atoms with van der Waals surface area (Å²) in [5.74, 6) is 0. The van der Waals surface area contributed by atoms with Gasteiger partial charge in [0.05, 0.1) is 0 Å². The molecule has 2 aromatic carbocycles. The van der Waals surface area contributed by atoms with Gasteiger partial charge in [0, 0.05) is 31.2 Å². The Morgan fingerprint density at radius 1 is 0.913 bits per heavy atom. The second-order valence-electron chi connectivity index (χ2n) is 6.46. The van der Waals surface area contributed by atoms with Gasteiger partial charge in [-0.2, -0.15) is 0 Å². The SMILES string of the molecule is CN1CCN(CCCc2ccc(-c3cccc(Cl)c3)cc2)CC1. The molecule has 3 heteroatoms. The van der Waals surface area contributed by atoms with Gasteiger partial charge >= 0.3 is 0 Å². The van der Waals surface area contributed by atoms with Crippen LogP contribution in [0.4, 0.5) is 0 Å². The fourth-order valence-electron chi connectivity index (χ4n) is 3.11. The number of piperazine rings is 1. The highest BCUT2D eigenvalue weighted by Crippen LogP contribution is 2.23. The zero-order chi connectivity index (χ0) is 16.1. The van der Waals surface area contributed by atoms with Gasteiger partial charge in [-0.05, 0) is 55.3 Å². The Labute approximate surface area is 144 Å². The van der Waals surface area contributed by atoms with Gasteiger partial charge in [0.2, 0.25) is 0 Å². The number of nitrogens with zero attached hydrogens (tertiary/aromatic N) is 2. The average molecular weight is 329 g/mol. The van der Waals surface area contributed by atoms with Crippen LogP contribution in [0.3, 0.4) is 0 Å². The second-order valence-corrected chi connectivity index (χ2v) is 6.89. The fraction of sp³-hybridized carbons (Fsp3) is 0.400. The van der Waals surface area contributed by atoms with E-state index < -0.39 is 0 Å². The molecule has 122 valence electrons.